The Bertz CT molecular complexity index is 2120. The summed E-state index contributed by atoms with van der Waals surface area (Å²) in [7, 11) is -6.20. The molecule has 0 atom stereocenters. The fraction of sp³-hybridized carbons (Fsp3) is 0.441. The number of benzene rings is 1. The Hall–Kier alpha value is -4.99. The highest BCUT2D eigenvalue weighted by atomic mass is 32.2. The first-order valence-electron chi connectivity index (χ1n) is 16.4. The van der Waals surface area contributed by atoms with Gasteiger partial charge in [0.2, 0.25) is 21.9 Å². The van der Waals surface area contributed by atoms with Gasteiger partial charge in [-0.05, 0) is 52.0 Å². The van der Waals surface area contributed by atoms with Crippen LogP contribution in [0, 0.1) is 18.8 Å². The number of piperazine rings is 1. The number of para-hydroxylation sites is 1. The van der Waals surface area contributed by atoms with Crippen molar-refractivity contribution in [3.05, 3.63) is 59.4 Å². The van der Waals surface area contributed by atoms with Crippen LogP contribution in [0.1, 0.15) is 42.5 Å². The van der Waals surface area contributed by atoms with Crippen LogP contribution in [0.3, 0.4) is 0 Å². The number of carbonyl (C=O) groups is 2. The van der Waals surface area contributed by atoms with Crippen LogP contribution in [-0.4, -0.2) is 113 Å². The average molecular weight is 755 g/mol. The van der Waals surface area contributed by atoms with Crippen molar-refractivity contribution in [3.63, 3.8) is 0 Å². The van der Waals surface area contributed by atoms with E-state index in [9.17, 15) is 26.4 Å². The van der Waals surface area contributed by atoms with E-state index in [1.54, 1.807) is 64.1 Å². The summed E-state index contributed by atoms with van der Waals surface area (Å²) >= 11 is 0. The second kappa shape index (κ2) is 15.3. The number of fused-ring (bicyclic) bond motifs is 1. The molecule has 52 heavy (non-hydrogen) atoms. The summed E-state index contributed by atoms with van der Waals surface area (Å²) < 4.78 is 65.1. The average Bonchev–Trinajstić information content (AvgIpc) is 3.51. The summed E-state index contributed by atoms with van der Waals surface area (Å²) in [5.74, 6) is 5.90. The number of hydrogen-bond donors (Lipinski definition) is 1. The van der Waals surface area contributed by atoms with E-state index in [0.717, 1.165) is 10.6 Å². The van der Waals surface area contributed by atoms with Gasteiger partial charge in [-0.1, -0.05) is 24.0 Å². The molecule has 16 nitrogen and oxygen atoms in total. The molecular formula is C34H42N8O8S2. The number of hydrogen-bond acceptors (Lipinski definition) is 12. The van der Waals surface area contributed by atoms with E-state index >= 15 is 0 Å². The van der Waals surface area contributed by atoms with Crippen LogP contribution in [0.25, 0.3) is 0 Å². The first-order valence-corrected chi connectivity index (χ1v) is 19.7. The van der Waals surface area contributed by atoms with Crippen LogP contribution in [0.5, 0.6) is 5.88 Å². The third kappa shape index (κ3) is 9.08. The smallest absolute Gasteiger partial charge is 0.408 e. The number of rotatable bonds is 9. The maximum atomic E-state index is 13.7. The van der Waals surface area contributed by atoms with Gasteiger partial charge < -0.3 is 24.6 Å². The molecule has 18 heteroatoms. The van der Waals surface area contributed by atoms with Crippen LogP contribution in [0.15, 0.2) is 47.5 Å². The molecule has 3 aromatic rings. The third-order valence-corrected chi connectivity index (χ3v) is 11.1. The van der Waals surface area contributed by atoms with E-state index in [1.165, 1.54) is 22.3 Å². The zero-order chi connectivity index (χ0) is 37.8. The fourth-order valence-electron chi connectivity index (χ4n) is 5.50. The molecule has 0 unspecified atom stereocenters. The molecule has 2 aliphatic heterocycles. The SMILES string of the molecule is Cc1cc(OCC#CCNC(=O)OC(C)(C)C)nc(N2CCN(S(=O)(=O)c3ccc4c(n3)CCN4C(=O)c3ccccc3N(C)S(C)(=O)=O)CC2)n1. The number of aryl methyl sites for hydroxylation is 1. The number of sulfonamides is 2. The largest absolute Gasteiger partial charge is 0.464 e. The number of nitrogens with zero attached hydrogens (tertiary/aromatic N) is 7. The number of anilines is 3. The predicted molar refractivity (Wildman–Crippen MR) is 195 cm³/mol. The van der Waals surface area contributed by atoms with Gasteiger partial charge in [0.15, 0.2) is 11.6 Å². The molecule has 0 aliphatic carbocycles. The molecule has 2 amide bonds. The highest BCUT2D eigenvalue weighted by molar-refractivity contribution is 7.92. The Morgan fingerprint density at radius 2 is 1.67 bits per heavy atom. The maximum Gasteiger partial charge on any atom is 0.408 e. The molecule has 0 spiro atoms. The minimum absolute atomic E-state index is 0.0332. The lowest BCUT2D eigenvalue weighted by Crippen LogP contribution is -2.49. The van der Waals surface area contributed by atoms with E-state index in [0.29, 0.717) is 48.4 Å². The summed E-state index contributed by atoms with van der Waals surface area (Å²) in [6, 6.07) is 11.1. The van der Waals surface area contributed by atoms with E-state index in [-0.39, 0.29) is 49.1 Å². The van der Waals surface area contributed by atoms with Crippen molar-refractivity contribution in [3.8, 4) is 17.7 Å². The zero-order valence-electron chi connectivity index (χ0n) is 29.9. The van der Waals surface area contributed by atoms with Gasteiger partial charge in [-0.15, -0.1) is 0 Å². The monoisotopic (exact) mass is 754 g/mol. The van der Waals surface area contributed by atoms with Crippen molar-refractivity contribution < 1.29 is 35.9 Å². The summed E-state index contributed by atoms with van der Waals surface area (Å²) in [6.45, 7) is 8.50. The molecule has 0 saturated carbocycles. The second-order valence-electron chi connectivity index (χ2n) is 13.1. The highest BCUT2D eigenvalue weighted by Gasteiger charge is 2.34. The zero-order valence-corrected chi connectivity index (χ0v) is 31.5. The van der Waals surface area contributed by atoms with Crippen LogP contribution < -0.4 is 24.2 Å². The Labute approximate surface area is 304 Å². The summed E-state index contributed by atoms with van der Waals surface area (Å²) in [5, 5.41) is 2.44. The topological polar surface area (TPSA) is 185 Å². The van der Waals surface area contributed by atoms with Gasteiger partial charge in [0.05, 0.1) is 35.4 Å². The molecule has 5 rings (SSSR count). The first kappa shape index (κ1) is 38.2. The number of ether oxygens (including phenoxy) is 2. The minimum Gasteiger partial charge on any atom is -0.464 e. The molecular weight excluding hydrogens is 713 g/mol. The fourth-order valence-corrected chi connectivity index (χ4v) is 7.39. The summed E-state index contributed by atoms with van der Waals surface area (Å²) in [6.07, 6.45) is 0.841. The molecule has 1 aromatic carbocycles. The van der Waals surface area contributed by atoms with E-state index in [4.69, 9.17) is 9.47 Å². The van der Waals surface area contributed by atoms with Gasteiger partial charge in [0.25, 0.3) is 15.9 Å². The van der Waals surface area contributed by atoms with Crippen LogP contribution >= 0.6 is 0 Å². The van der Waals surface area contributed by atoms with Crippen LogP contribution in [0.4, 0.5) is 22.1 Å². The summed E-state index contributed by atoms with van der Waals surface area (Å²) in [4.78, 5) is 42.2. The molecule has 278 valence electrons. The number of carbonyl (C=O) groups excluding carboxylic acids is 2. The molecule has 1 N–H and O–H groups in total. The first-order chi connectivity index (χ1) is 24.4. The van der Waals surface area contributed by atoms with E-state index in [1.807, 2.05) is 4.90 Å². The lowest BCUT2D eigenvalue weighted by atomic mass is 10.1. The quantitative estimate of drug-likeness (QED) is 0.315. The molecule has 2 aliphatic rings. The van der Waals surface area contributed by atoms with Crippen molar-refractivity contribution in [1.29, 1.82) is 0 Å². The molecule has 1 saturated heterocycles. The minimum atomic E-state index is -3.96. The number of aromatic nitrogens is 3. The molecule has 2 aromatic heterocycles. The van der Waals surface area contributed by atoms with Crippen molar-refractivity contribution in [2.75, 3.05) is 73.3 Å². The predicted octanol–water partition coefficient (Wildman–Crippen LogP) is 2.20. The second-order valence-corrected chi connectivity index (χ2v) is 17.0. The van der Waals surface area contributed by atoms with Gasteiger partial charge in [0, 0.05) is 58.0 Å². The number of nitrogens with one attached hydrogen (secondary N) is 1. The normalized spacial score (nSPS) is 15.0. The Morgan fingerprint density at radius 3 is 2.37 bits per heavy atom. The standard InChI is InChI=1S/C34H42N8O8S2/c1-24-23-29(49-22-10-9-16-35-33(44)50-34(2,3)4)38-32(36-24)40-18-20-41(21-19-40)52(47,48)30-14-13-28-26(37-30)15-17-42(28)31(43)25-11-7-8-12-27(25)39(5)51(6,45)46/h7-8,11-14,23H,15-22H2,1-6H3,(H,35,44). The van der Waals surface area contributed by atoms with Gasteiger partial charge in [-0.2, -0.15) is 9.29 Å². The van der Waals surface area contributed by atoms with Crippen molar-refractivity contribution in [2.24, 2.45) is 0 Å². The van der Waals surface area contributed by atoms with E-state index < -0.39 is 37.6 Å². The van der Waals surface area contributed by atoms with E-state index in [2.05, 4.69) is 32.1 Å². The molecule has 0 bridgehead atoms. The van der Waals surface area contributed by atoms with Gasteiger partial charge in [0.1, 0.15) is 5.60 Å². The van der Waals surface area contributed by atoms with Crippen molar-refractivity contribution >= 4 is 49.4 Å². The van der Waals surface area contributed by atoms with Crippen LogP contribution in [-0.2, 0) is 31.2 Å². The number of alkyl carbamates (subject to hydrolysis) is 1. The van der Waals surface area contributed by atoms with Crippen LogP contribution in [0.2, 0.25) is 0 Å². The van der Waals surface area contributed by atoms with Crippen molar-refractivity contribution in [1.82, 2.24) is 24.6 Å². The van der Waals surface area contributed by atoms with Gasteiger partial charge in [-0.25, -0.2) is 31.6 Å². The van der Waals surface area contributed by atoms with Gasteiger partial charge in [-0.3, -0.25) is 9.10 Å². The summed E-state index contributed by atoms with van der Waals surface area (Å²) in [5.41, 5.74) is 1.44. The lowest BCUT2D eigenvalue weighted by Gasteiger charge is -2.34. The highest BCUT2D eigenvalue weighted by Crippen LogP contribution is 2.32. The third-order valence-electron chi connectivity index (χ3n) is 8.09. The number of amides is 2. The van der Waals surface area contributed by atoms with Gasteiger partial charge >= 0.3 is 6.09 Å². The Balaban J connectivity index is 1.19. The maximum absolute atomic E-state index is 13.7. The molecule has 1 fully saturated rings. The Morgan fingerprint density at radius 1 is 0.962 bits per heavy atom. The lowest BCUT2D eigenvalue weighted by molar-refractivity contribution is 0.0534. The van der Waals surface area contributed by atoms with Crippen molar-refractivity contribution in [2.45, 2.75) is 44.7 Å². The number of pyridine rings is 1. The molecule has 0 radical (unpaired) electrons. The Kier molecular flexibility index (Phi) is 11.3. The molecule has 4 heterocycles.